The number of piperazine rings is 1. The lowest BCUT2D eigenvalue weighted by atomic mass is 10.1. The fourth-order valence-corrected chi connectivity index (χ4v) is 5.78. The summed E-state index contributed by atoms with van der Waals surface area (Å²) >= 11 is 0. The fourth-order valence-electron chi connectivity index (χ4n) is 5.78. The van der Waals surface area contributed by atoms with E-state index in [4.69, 9.17) is 5.73 Å². The Bertz CT molecular complexity index is 1850. The molecule has 2 heterocycles. The van der Waals surface area contributed by atoms with Crippen molar-refractivity contribution in [3.8, 4) is 0 Å². The van der Waals surface area contributed by atoms with Crippen LogP contribution in [0.3, 0.4) is 0 Å². The molecule has 0 aliphatic carbocycles. The van der Waals surface area contributed by atoms with Crippen LogP contribution in [-0.2, 0) is 25.8 Å². The molecule has 3 aromatic carbocycles. The van der Waals surface area contributed by atoms with E-state index in [-0.39, 0.29) is 29.1 Å². The molecule has 9 nitrogen and oxygen atoms in total. The fraction of sp³-hybridized carbons (Fsp3) is 0.303. The highest BCUT2D eigenvalue weighted by Crippen LogP contribution is 2.32. The van der Waals surface area contributed by atoms with Gasteiger partial charge in [-0.1, -0.05) is 54.6 Å². The van der Waals surface area contributed by atoms with Crippen molar-refractivity contribution in [3.05, 3.63) is 133 Å². The third-order valence-corrected chi connectivity index (χ3v) is 8.25. The molecule has 0 amide bonds. The number of aromatic carboxylic acids is 1. The third-order valence-electron chi connectivity index (χ3n) is 8.25. The van der Waals surface area contributed by atoms with Gasteiger partial charge in [0.2, 0.25) is 0 Å². The Morgan fingerprint density at radius 1 is 0.913 bits per heavy atom. The molecule has 5 rings (SSSR count). The molecule has 0 saturated carbocycles. The maximum atomic E-state index is 15.1. The average molecular weight is 640 g/mol. The summed E-state index contributed by atoms with van der Waals surface area (Å²) in [4.78, 5) is 43.1. The predicted octanol–water partition coefficient (Wildman–Crippen LogP) is 4.25. The third kappa shape index (κ3) is 6.90. The highest BCUT2D eigenvalue weighted by Gasteiger charge is 2.35. The first-order valence-electron chi connectivity index (χ1n) is 14.6. The molecule has 0 unspecified atom stereocenters. The number of nitrogens with zero attached hydrogens (tertiary/aromatic N) is 4. The first-order chi connectivity index (χ1) is 21.8. The molecule has 1 atom stereocenters. The van der Waals surface area contributed by atoms with E-state index >= 15 is 4.39 Å². The van der Waals surface area contributed by atoms with Gasteiger partial charge in [-0.2, -0.15) is 13.2 Å². The van der Waals surface area contributed by atoms with Gasteiger partial charge in [-0.3, -0.25) is 18.8 Å². The zero-order chi connectivity index (χ0) is 33.2. The molecule has 4 aromatic rings. The van der Waals surface area contributed by atoms with Crippen molar-refractivity contribution in [2.45, 2.75) is 38.8 Å². The van der Waals surface area contributed by atoms with Crippen LogP contribution in [0.2, 0.25) is 0 Å². The summed E-state index contributed by atoms with van der Waals surface area (Å²) in [6.45, 7) is 3.01. The molecule has 0 radical (unpaired) electrons. The van der Waals surface area contributed by atoms with Crippen molar-refractivity contribution in [2.24, 2.45) is 5.73 Å². The van der Waals surface area contributed by atoms with Gasteiger partial charge in [0.15, 0.2) is 0 Å². The van der Waals surface area contributed by atoms with E-state index in [2.05, 4.69) is 4.90 Å². The number of benzene rings is 3. The minimum absolute atomic E-state index is 0.180. The predicted molar refractivity (Wildman–Crippen MR) is 164 cm³/mol. The van der Waals surface area contributed by atoms with Crippen molar-refractivity contribution < 1.29 is 27.5 Å². The Kier molecular flexibility index (Phi) is 9.44. The number of carboxylic acids is 1. The lowest BCUT2D eigenvalue weighted by Gasteiger charge is -2.37. The lowest BCUT2D eigenvalue weighted by molar-refractivity contribution is -0.140. The summed E-state index contributed by atoms with van der Waals surface area (Å²) in [7, 11) is 0. The van der Waals surface area contributed by atoms with Crippen LogP contribution >= 0.6 is 0 Å². The van der Waals surface area contributed by atoms with Gasteiger partial charge in [-0.25, -0.2) is 14.0 Å². The topological polar surface area (TPSA) is 114 Å². The average Bonchev–Trinajstić information content (AvgIpc) is 3.03. The lowest BCUT2D eigenvalue weighted by Crippen LogP contribution is -2.51. The van der Waals surface area contributed by atoms with Crippen LogP contribution in [0.1, 0.15) is 44.3 Å². The number of anilines is 1. The Hall–Kier alpha value is -4.75. The smallest absolute Gasteiger partial charge is 0.419 e. The van der Waals surface area contributed by atoms with Crippen LogP contribution in [0.25, 0.3) is 0 Å². The number of carbonyl (C=O) groups is 1. The maximum absolute atomic E-state index is 15.1. The SMILES string of the molecule is Cc1c(N2CCN(Cc3cccc(C(=O)O)c3)CC2)c(=O)n(C[C@H](N)c2ccccc2)c(=O)n1Cc1cccc(C(F)(F)F)c1F. The normalized spacial score (nSPS) is 14.8. The Balaban J connectivity index is 1.50. The summed E-state index contributed by atoms with van der Waals surface area (Å²) in [6.07, 6.45) is -4.93. The summed E-state index contributed by atoms with van der Waals surface area (Å²) in [5, 5.41) is 9.31. The molecule has 1 fully saturated rings. The monoisotopic (exact) mass is 639 g/mol. The molecule has 0 bridgehead atoms. The van der Waals surface area contributed by atoms with Gasteiger partial charge in [0, 0.05) is 50.0 Å². The number of carboxylic acid groups (broad SMARTS) is 1. The van der Waals surface area contributed by atoms with Crippen molar-refractivity contribution in [3.63, 3.8) is 0 Å². The summed E-state index contributed by atoms with van der Waals surface area (Å²) < 4.78 is 57.6. The Morgan fingerprint density at radius 2 is 1.59 bits per heavy atom. The molecule has 1 aromatic heterocycles. The van der Waals surface area contributed by atoms with E-state index in [1.165, 1.54) is 19.1 Å². The number of aromatic nitrogens is 2. The van der Waals surface area contributed by atoms with Gasteiger partial charge >= 0.3 is 17.8 Å². The molecule has 242 valence electrons. The summed E-state index contributed by atoms with van der Waals surface area (Å²) in [5.41, 5.74) is 5.24. The number of alkyl halides is 3. The molecular formula is C33H33F4N5O4. The van der Waals surface area contributed by atoms with Crippen LogP contribution in [0.15, 0.2) is 82.4 Å². The molecule has 1 aliphatic rings. The molecule has 0 spiro atoms. The van der Waals surface area contributed by atoms with E-state index in [1.807, 2.05) is 11.0 Å². The van der Waals surface area contributed by atoms with Crippen LogP contribution in [0.4, 0.5) is 23.2 Å². The van der Waals surface area contributed by atoms with Crippen LogP contribution < -0.4 is 21.9 Å². The highest BCUT2D eigenvalue weighted by molar-refractivity contribution is 5.87. The van der Waals surface area contributed by atoms with E-state index in [0.29, 0.717) is 44.4 Å². The second-order valence-corrected chi connectivity index (χ2v) is 11.3. The quantitative estimate of drug-likeness (QED) is 0.264. The maximum Gasteiger partial charge on any atom is 0.419 e. The van der Waals surface area contributed by atoms with Gasteiger partial charge in [0.25, 0.3) is 5.56 Å². The van der Waals surface area contributed by atoms with Gasteiger partial charge < -0.3 is 15.7 Å². The van der Waals surface area contributed by atoms with Gasteiger partial charge in [-0.05, 0) is 36.2 Å². The second kappa shape index (κ2) is 13.3. The van der Waals surface area contributed by atoms with Gasteiger partial charge in [-0.15, -0.1) is 0 Å². The summed E-state index contributed by atoms with van der Waals surface area (Å²) in [5.74, 6) is -2.51. The highest BCUT2D eigenvalue weighted by atomic mass is 19.4. The first-order valence-corrected chi connectivity index (χ1v) is 14.6. The Labute approximate surface area is 261 Å². The minimum atomic E-state index is -4.93. The number of rotatable bonds is 9. The van der Waals surface area contributed by atoms with E-state index in [9.17, 15) is 32.7 Å². The van der Waals surface area contributed by atoms with Crippen LogP contribution in [0.5, 0.6) is 0 Å². The largest absolute Gasteiger partial charge is 0.478 e. The molecular weight excluding hydrogens is 606 g/mol. The molecule has 13 heteroatoms. The number of nitrogens with two attached hydrogens (primary N) is 1. The van der Waals surface area contributed by atoms with Gasteiger partial charge in [0.05, 0.1) is 24.2 Å². The molecule has 46 heavy (non-hydrogen) atoms. The second-order valence-electron chi connectivity index (χ2n) is 11.3. The molecule has 3 N–H and O–H groups in total. The summed E-state index contributed by atoms with van der Waals surface area (Å²) in [6, 6.07) is 17.6. The zero-order valence-corrected chi connectivity index (χ0v) is 25.0. The zero-order valence-electron chi connectivity index (χ0n) is 25.0. The van der Waals surface area contributed by atoms with Crippen molar-refractivity contribution in [2.75, 3.05) is 31.1 Å². The number of hydrogen-bond acceptors (Lipinski definition) is 6. The minimum Gasteiger partial charge on any atom is -0.478 e. The molecule has 1 saturated heterocycles. The van der Waals surface area contributed by atoms with E-state index in [1.54, 1.807) is 42.5 Å². The van der Waals surface area contributed by atoms with Crippen LogP contribution in [-0.4, -0.2) is 51.3 Å². The molecule has 1 aliphatic heterocycles. The van der Waals surface area contributed by atoms with Crippen molar-refractivity contribution in [1.29, 1.82) is 0 Å². The van der Waals surface area contributed by atoms with E-state index < -0.39 is 47.4 Å². The number of halogens is 4. The van der Waals surface area contributed by atoms with E-state index in [0.717, 1.165) is 20.8 Å². The van der Waals surface area contributed by atoms with Crippen molar-refractivity contribution in [1.82, 2.24) is 14.0 Å². The standard InChI is InChI=1S/C33H33F4N5O4/c1-21-29(40-15-13-39(14-16-40)18-22-7-5-10-24(17-22)31(44)45)30(43)42(20-27(38)23-8-3-2-4-9-23)32(46)41(21)19-25-11-6-12-26(28(25)34)33(35,36)37/h2-12,17,27H,13-16,18-20,38H2,1H3,(H,44,45)/t27-/m0/s1. The van der Waals surface area contributed by atoms with Crippen LogP contribution in [0, 0.1) is 12.7 Å². The first kappa shape index (κ1) is 32.6. The number of hydrogen-bond donors (Lipinski definition) is 2. The van der Waals surface area contributed by atoms with Crippen molar-refractivity contribution >= 4 is 11.7 Å². The van der Waals surface area contributed by atoms with Gasteiger partial charge in [0.1, 0.15) is 11.5 Å². The Morgan fingerprint density at radius 3 is 2.24 bits per heavy atom.